The van der Waals surface area contributed by atoms with Gasteiger partial charge in [0.1, 0.15) is 0 Å². The zero-order chi connectivity index (χ0) is 12.3. The van der Waals surface area contributed by atoms with Crippen LogP contribution in [-0.2, 0) is 6.42 Å². The van der Waals surface area contributed by atoms with Crippen LogP contribution in [0.2, 0.25) is 0 Å². The molecule has 0 N–H and O–H groups in total. The average Bonchev–Trinajstić information content (AvgIpc) is 2.30. The lowest BCUT2D eigenvalue weighted by molar-refractivity contribution is 0.150. The van der Waals surface area contributed by atoms with Gasteiger partial charge in [0.05, 0.1) is 0 Å². The molecule has 1 aliphatic rings. The van der Waals surface area contributed by atoms with Crippen LogP contribution in [0.5, 0.6) is 0 Å². The van der Waals surface area contributed by atoms with E-state index in [4.69, 9.17) is 0 Å². The molecule has 0 aliphatic heterocycles. The third-order valence-corrected chi connectivity index (χ3v) is 4.44. The van der Waals surface area contributed by atoms with E-state index in [0.29, 0.717) is 5.41 Å². The predicted molar refractivity (Wildman–Crippen MR) is 75.0 cm³/mol. The maximum absolute atomic E-state index is 2.40. The molecule has 17 heavy (non-hydrogen) atoms. The van der Waals surface area contributed by atoms with Crippen LogP contribution in [0, 0.1) is 17.3 Å². The molecule has 0 aromatic heterocycles. The fraction of sp³-hybridized carbons (Fsp3) is 0.647. The van der Waals surface area contributed by atoms with Gasteiger partial charge in [0.25, 0.3) is 0 Å². The minimum absolute atomic E-state index is 0.512. The normalized spacial score (nSPS) is 25.8. The summed E-state index contributed by atoms with van der Waals surface area (Å²) in [4.78, 5) is 0. The van der Waals surface area contributed by atoms with E-state index >= 15 is 0 Å². The lowest BCUT2D eigenvalue weighted by atomic mass is 9.69. The first-order valence-corrected chi connectivity index (χ1v) is 7.09. The Kier molecular flexibility index (Phi) is 3.91. The summed E-state index contributed by atoms with van der Waals surface area (Å²) in [6.45, 7) is 7.19. The molecule has 1 fully saturated rings. The Balaban J connectivity index is 1.84. The van der Waals surface area contributed by atoms with Crippen LogP contribution in [0.3, 0.4) is 0 Å². The molecule has 1 aromatic rings. The van der Waals surface area contributed by atoms with Crippen molar-refractivity contribution in [2.24, 2.45) is 17.3 Å². The molecule has 0 bridgehead atoms. The van der Waals surface area contributed by atoms with E-state index in [2.05, 4.69) is 51.1 Å². The van der Waals surface area contributed by atoms with Crippen molar-refractivity contribution in [2.45, 2.75) is 52.9 Å². The molecule has 0 amide bonds. The first-order chi connectivity index (χ1) is 8.05. The number of hydrogen-bond acceptors (Lipinski definition) is 0. The molecule has 0 radical (unpaired) electrons. The second-order valence-electron chi connectivity index (χ2n) is 6.77. The van der Waals surface area contributed by atoms with Crippen LogP contribution >= 0.6 is 0 Å². The highest BCUT2D eigenvalue weighted by molar-refractivity contribution is 5.15. The van der Waals surface area contributed by atoms with E-state index < -0.39 is 0 Å². The minimum atomic E-state index is 0.512. The Hall–Kier alpha value is -0.780. The highest BCUT2D eigenvalue weighted by Crippen LogP contribution is 2.40. The van der Waals surface area contributed by atoms with E-state index in [-0.39, 0.29) is 0 Å². The summed E-state index contributed by atoms with van der Waals surface area (Å²) in [7, 11) is 0. The summed E-state index contributed by atoms with van der Waals surface area (Å²) in [5.74, 6) is 1.87. The van der Waals surface area contributed by atoms with Crippen LogP contribution in [0.1, 0.15) is 52.0 Å². The van der Waals surface area contributed by atoms with Gasteiger partial charge in [-0.3, -0.25) is 0 Å². The van der Waals surface area contributed by atoms with Gasteiger partial charge in [-0.05, 0) is 54.9 Å². The minimum Gasteiger partial charge on any atom is -0.0622 e. The molecule has 1 aliphatic carbocycles. The average molecular weight is 230 g/mol. The second-order valence-corrected chi connectivity index (χ2v) is 6.77. The van der Waals surface area contributed by atoms with Crippen molar-refractivity contribution in [3.8, 4) is 0 Å². The largest absolute Gasteiger partial charge is 0.0622 e. The molecule has 0 unspecified atom stereocenters. The van der Waals surface area contributed by atoms with E-state index in [1.807, 2.05) is 0 Å². The highest BCUT2D eigenvalue weighted by atomic mass is 14.3. The maximum Gasteiger partial charge on any atom is -0.0250 e. The molecule has 0 saturated heterocycles. The Morgan fingerprint density at radius 2 is 1.53 bits per heavy atom. The second kappa shape index (κ2) is 5.25. The van der Waals surface area contributed by atoms with Gasteiger partial charge in [-0.2, -0.15) is 0 Å². The maximum atomic E-state index is 2.40. The van der Waals surface area contributed by atoms with Crippen molar-refractivity contribution < 1.29 is 0 Å². The smallest absolute Gasteiger partial charge is 0.0250 e. The summed E-state index contributed by atoms with van der Waals surface area (Å²) in [5, 5.41) is 0. The van der Waals surface area contributed by atoms with E-state index in [1.54, 1.807) is 0 Å². The first kappa shape index (κ1) is 12.7. The Bertz CT molecular complexity index is 323. The van der Waals surface area contributed by atoms with Crippen molar-refractivity contribution in [2.75, 3.05) is 0 Å². The lowest BCUT2D eigenvalue weighted by Gasteiger charge is -2.37. The summed E-state index contributed by atoms with van der Waals surface area (Å²) >= 11 is 0. The molecular formula is C17H26. The van der Waals surface area contributed by atoms with Crippen LogP contribution in [-0.4, -0.2) is 0 Å². The van der Waals surface area contributed by atoms with E-state index in [0.717, 1.165) is 11.8 Å². The third-order valence-electron chi connectivity index (χ3n) is 4.44. The van der Waals surface area contributed by atoms with Crippen LogP contribution < -0.4 is 0 Å². The van der Waals surface area contributed by atoms with Crippen molar-refractivity contribution in [1.82, 2.24) is 0 Å². The van der Waals surface area contributed by atoms with Crippen LogP contribution in [0.4, 0.5) is 0 Å². The molecule has 0 atom stereocenters. The van der Waals surface area contributed by atoms with Crippen molar-refractivity contribution in [3.05, 3.63) is 35.9 Å². The Labute approximate surface area is 106 Å². The molecule has 0 heteroatoms. The van der Waals surface area contributed by atoms with Gasteiger partial charge in [0.2, 0.25) is 0 Å². The van der Waals surface area contributed by atoms with Crippen molar-refractivity contribution in [3.63, 3.8) is 0 Å². The van der Waals surface area contributed by atoms with Crippen LogP contribution in [0.25, 0.3) is 0 Å². The topological polar surface area (TPSA) is 0 Å². The standard InChI is InChI=1S/C17H26/c1-17(2,3)16-11-9-15(10-12-16)13-14-7-5-4-6-8-14/h4-8,15-16H,9-13H2,1-3H3. The highest BCUT2D eigenvalue weighted by Gasteiger charge is 2.29. The Morgan fingerprint density at radius 1 is 0.941 bits per heavy atom. The third kappa shape index (κ3) is 3.59. The molecule has 0 spiro atoms. The first-order valence-electron chi connectivity index (χ1n) is 7.09. The van der Waals surface area contributed by atoms with E-state index in [1.165, 1.54) is 37.7 Å². The molecule has 1 saturated carbocycles. The zero-order valence-corrected chi connectivity index (χ0v) is 11.6. The van der Waals surface area contributed by atoms with E-state index in [9.17, 15) is 0 Å². The molecule has 1 aromatic carbocycles. The SMILES string of the molecule is CC(C)(C)C1CCC(Cc2ccccc2)CC1. The van der Waals surface area contributed by atoms with Gasteiger partial charge in [-0.15, -0.1) is 0 Å². The summed E-state index contributed by atoms with van der Waals surface area (Å²) in [6, 6.07) is 11.0. The van der Waals surface area contributed by atoms with Crippen molar-refractivity contribution in [1.29, 1.82) is 0 Å². The van der Waals surface area contributed by atoms with Gasteiger partial charge in [-0.1, -0.05) is 51.1 Å². The summed E-state index contributed by atoms with van der Waals surface area (Å²) in [6.07, 6.45) is 7.01. The van der Waals surface area contributed by atoms with Crippen LogP contribution in [0.15, 0.2) is 30.3 Å². The molecular weight excluding hydrogens is 204 g/mol. The predicted octanol–water partition coefficient (Wildman–Crippen LogP) is 5.08. The van der Waals surface area contributed by atoms with Gasteiger partial charge >= 0.3 is 0 Å². The number of rotatable bonds is 2. The summed E-state index contributed by atoms with van der Waals surface area (Å²) < 4.78 is 0. The lowest BCUT2D eigenvalue weighted by Crippen LogP contribution is -2.26. The van der Waals surface area contributed by atoms with Crippen molar-refractivity contribution >= 4 is 0 Å². The monoisotopic (exact) mass is 230 g/mol. The fourth-order valence-corrected chi connectivity index (χ4v) is 3.18. The molecule has 0 heterocycles. The number of benzene rings is 1. The van der Waals surface area contributed by atoms with Gasteiger partial charge < -0.3 is 0 Å². The van der Waals surface area contributed by atoms with Gasteiger partial charge in [0, 0.05) is 0 Å². The molecule has 2 rings (SSSR count). The molecule has 94 valence electrons. The Morgan fingerprint density at radius 3 is 2.06 bits per heavy atom. The number of hydrogen-bond donors (Lipinski definition) is 0. The zero-order valence-electron chi connectivity index (χ0n) is 11.6. The quantitative estimate of drug-likeness (QED) is 0.664. The fourth-order valence-electron chi connectivity index (χ4n) is 3.18. The van der Waals surface area contributed by atoms with Gasteiger partial charge in [-0.25, -0.2) is 0 Å². The molecule has 0 nitrogen and oxygen atoms in total. The van der Waals surface area contributed by atoms with Gasteiger partial charge in [0.15, 0.2) is 0 Å². The summed E-state index contributed by atoms with van der Waals surface area (Å²) in [5.41, 5.74) is 2.03.